The van der Waals surface area contributed by atoms with Crippen LogP contribution in [0.1, 0.15) is 17.2 Å². The normalized spacial score (nSPS) is 17.7. The number of carbonyl (C=O) groups is 1. The molecule has 1 atom stereocenters. The van der Waals surface area contributed by atoms with Crippen LogP contribution in [0.2, 0.25) is 0 Å². The van der Waals surface area contributed by atoms with E-state index in [9.17, 15) is 4.79 Å². The molecule has 4 rings (SSSR count). The smallest absolute Gasteiger partial charge is 0.357 e. The number of ether oxygens (including phenoxy) is 1. The van der Waals surface area contributed by atoms with Gasteiger partial charge in [0.1, 0.15) is 12.6 Å². The van der Waals surface area contributed by atoms with Crippen molar-refractivity contribution < 1.29 is 9.53 Å². The van der Waals surface area contributed by atoms with Crippen LogP contribution < -0.4 is 0 Å². The number of esters is 1. The highest BCUT2D eigenvalue weighted by Gasteiger charge is 2.25. The van der Waals surface area contributed by atoms with Crippen molar-refractivity contribution in [2.45, 2.75) is 6.04 Å². The Morgan fingerprint density at radius 2 is 1.61 bits per heavy atom. The van der Waals surface area contributed by atoms with E-state index in [1.807, 2.05) is 72.8 Å². The third-order valence-electron chi connectivity index (χ3n) is 4.06. The number of nitrogens with zero attached hydrogens (tertiary/aromatic N) is 1. The van der Waals surface area contributed by atoms with E-state index < -0.39 is 0 Å². The molecule has 112 valence electrons. The van der Waals surface area contributed by atoms with Gasteiger partial charge in [-0.2, -0.15) is 0 Å². The first-order chi connectivity index (χ1) is 11.3. The number of hydrogen-bond acceptors (Lipinski definition) is 3. The van der Waals surface area contributed by atoms with Crippen molar-refractivity contribution in [3.8, 4) is 0 Å². The molecule has 0 amide bonds. The van der Waals surface area contributed by atoms with Crippen molar-refractivity contribution in [1.29, 1.82) is 0 Å². The number of benzene rings is 3. The standard InChI is InChI=1S/C20H15NO2/c22-20-19(17-11-10-14-6-4-5-9-16(14)12-17)21-18(13-23-20)15-7-2-1-3-8-15/h1-12,18H,13H2/t18-/m0/s1. The number of cyclic esters (lactones) is 1. The molecule has 0 bridgehead atoms. The lowest BCUT2D eigenvalue weighted by atomic mass is 10.0. The second-order valence-electron chi connectivity index (χ2n) is 5.56. The average Bonchev–Trinajstić information content (AvgIpc) is 2.62. The number of hydrogen-bond donors (Lipinski definition) is 0. The number of carbonyl (C=O) groups excluding carboxylic acids is 1. The number of fused-ring (bicyclic) bond motifs is 1. The topological polar surface area (TPSA) is 38.7 Å². The summed E-state index contributed by atoms with van der Waals surface area (Å²) < 4.78 is 5.35. The van der Waals surface area contributed by atoms with Crippen LogP contribution in [0.5, 0.6) is 0 Å². The highest BCUT2D eigenvalue weighted by atomic mass is 16.5. The lowest BCUT2D eigenvalue weighted by Crippen LogP contribution is -2.27. The summed E-state index contributed by atoms with van der Waals surface area (Å²) >= 11 is 0. The average molecular weight is 301 g/mol. The molecule has 3 nitrogen and oxygen atoms in total. The molecule has 0 fully saturated rings. The summed E-state index contributed by atoms with van der Waals surface area (Å²) in [6.45, 7) is 0.292. The molecule has 0 saturated carbocycles. The molecule has 1 aliphatic heterocycles. The van der Waals surface area contributed by atoms with Crippen LogP contribution in [0.4, 0.5) is 0 Å². The highest BCUT2D eigenvalue weighted by Crippen LogP contribution is 2.24. The molecule has 0 aromatic heterocycles. The molecule has 0 aliphatic carbocycles. The molecule has 3 heteroatoms. The third-order valence-corrected chi connectivity index (χ3v) is 4.06. The van der Waals surface area contributed by atoms with Crippen LogP contribution in [0.15, 0.2) is 77.8 Å². The molecule has 1 heterocycles. The van der Waals surface area contributed by atoms with Gasteiger partial charge in [-0.15, -0.1) is 0 Å². The molecular weight excluding hydrogens is 286 g/mol. The van der Waals surface area contributed by atoms with Gasteiger partial charge in [-0.25, -0.2) is 4.79 Å². The zero-order valence-corrected chi connectivity index (χ0v) is 12.5. The molecule has 1 aliphatic rings. The van der Waals surface area contributed by atoms with Gasteiger partial charge in [-0.05, 0) is 22.4 Å². The summed E-state index contributed by atoms with van der Waals surface area (Å²) in [5.74, 6) is -0.354. The maximum absolute atomic E-state index is 12.2. The SMILES string of the molecule is O=C1OC[C@@H](c2ccccc2)N=C1c1ccc2ccccc2c1. The zero-order valence-electron chi connectivity index (χ0n) is 12.5. The minimum absolute atomic E-state index is 0.143. The van der Waals surface area contributed by atoms with E-state index in [0.717, 1.165) is 21.9 Å². The molecule has 0 unspecified atom stereocenters. The molecule has 3 aromatic carbocycles. The zero-order chi connectivity index (χ0) is 15.6. The van der Waals surface area contributed by atoms with E-state index in [1.165, 1.54) is 0 Å². The lowest BCUT2D eigenvalue weighted by molar-refractivity contribution is -0.137. The monoisotopic (exact) mass is 301 g/mol. The van der Waals surface area contributed by atoms with Crippen LogP contribution >= 0.6 is 0 Å². The van der Waals surface area contributed by atoms with Crippen LogP contribution in [-0.4, -0.2) is 18.3 Å². The highest BCUT2D eigenvalue weighted by molar-refractivity contribution is 6.43. The molecule has 0 N–H and O–H groups in total. The summed E-state index contributed by atoms with van der Waals surface area (Å²) in [5, 5.41) is 2.22. The van der Waals surface area contributed by atoms with E-state index in [4.69, 9.17) is 4.74 Å². The largest absolute Gasteiger partial charge is 0.458 e. The molecule has 0 spiro atoms. The summed E-state index contributed by atoms with van der Waals surface area (Å²) in [6, 6.07) is 23.8. The van der Waals surface area contributed by atoms with Crippen LogP contribution in [0.3, 0.4) is 0 Å². The Kier molecular flexibility index (Phi) is 3.39. The van der Waals surface area contributed by atoms with Gasteiger partial charge >= 0.3 is 5.97 Å². The van der Waals surface area contributed by atoms with Gasteiger partial charge in [-0.3, -0.25) is 4.99 Å². The van der Waals surface area contributed by atoms with Gasteiger partial charge in [0.15, 0.2) is 5.71 Å². The van der Waals surface area contributed by atoms with Gasteiger partial charge in [0.2, 0.25) is 0 Å². The van der Waals surface area contributed by atoms with Crippen molar-refractivity contribution in [2.75, 3.05) is 6.61 Å². The van der Waals surface area contributed by atoms with Gasteiger partial charge < -0.3 is 4.74 Å². The molecular formula is C20H15NO2. The first-order valence-electron chi connectivity index (χ1n) is 7.60. The lowest BCUT2D eigenvalue weighted by Gasteiger charge is -2.21. The summed E-state index contributed by atoms with van der Waals surface area (Å²) in [6.07, 6.45) is 0. The van der Waals surface area contributed by atoms with Gasteiger partial charge in [-0.1, -0.05) is 66.7 Å². The van der Waals surface area contributed by atoms with Crippen LogP contribution in [-0.2, 0) is 9.53 Å². The first-order valence-corrected chi connectivity index (χ1v) is 7.60. The predicted molar refractivity (Wildman–Crippen MR) is 90.6 cm³/mol. The number of rotatable bonds is 2. The Bertz CT molecular complexity index is 900. The molecule has 23 heavy (non-hydrogen) atoms. The Morgan fingerprint density at radius 3 is 2.43 bits per heavy atom. The van der Waals surface area contributed by atoms with E-state index in [2.05, 4.69) is 4.99 Å². The van der Waals surface area contributed by atoms with Crippen molar-refractivity contribution in [3.63, 3.8) is 0 Å². The van der Waals surface area contributed by atoms with Gasteiger partial charge in [0.25, 0.3) is 0 Å². The van der Waals surface area contributed by atoms with E-state index in [-0.39, 0.29) is 12.0 Å². The molecule has 0 saturated heterocycles. The van der Waals surface area contributed by atoms with Gasteiger partial charge in [0.05, 0.1) is 0 Å². The van der Waals surface area contributed by atoms with Crippen LogP contribution in [0.25, 0.3) is 10.8 Å². The van der Waals surface area contributed by atoms with E-state index >= 15 is 0 Å². The fraction of sp³-hybridized carbons (Fsp3) is 0.100. The van der Waals surface area contributed by atoms with Crippen LogP contribution in [0, 0.1) is 0 Å². The summed E-state index contributed by atoms with van der Waals surface area (Å²) in [5.41, 5.74) is 2.25. The number of aliphatic imine (C=N–C) groups is 1. The maximum atomic E-state index is 12.2. The first kappa shape index (κ1) is 13.7. The third kappa shape index (κ3) is 2.61. The minimum atomic E-state index is -0.354. The Morgan fingerprint density at radius 1 is 0.870 bits per heavy atom. The minimum Gasteiger partial charge on any atom is -0.458 e. The van der Waals surface area contributed by atoms with E-state index in [0.29, 0.717) is 12.3 Å². The van der Waals surface area contributed by atoms with Gasteiger partial charge in [0, 0.05) is 5.56 Å². The van der Waals surface area contributed by atoms with Crippen molar-refractivity contribution in [3.05, 3.63) is 83.9 Å². The molecule has 3 aromatic rings. The maximum Gasteiger partial charge on any atom is 0.357 e. The van der Waals surface area contributed by atoms with Crippen molar-refractivity contribution >= 4 is 22.5 Å². The predicted octanol–water partition coefficient (Wildman–Crippen LogP) is 3.93. The second kappa shape index (κ2) is 5.69. The molecule has 0 radical (unpaired) electrons. The van der Waals surface area contributed by atoms with Crippen molar-refractivity contribution in [1.82, 2.24) is 0 Å². The Balaban J connectivity index is 1.77. The quantitative estimate of drug-likeness (QED) is 0.673. The fourth-order valence-electron chi connectivity index (χ4n) is 2.84. The summed E-state index contributed by atoms with van der Waals surface area (Å²) in [7, 11) is 0. The van der Waals surface area contributed by atoms with Crippen molar-refractivity contribution in [2.24, 2.45) is 4.99 Å². The Hall–Kier alpha value is -2.94. The van der Waals surface area contributed by atoms with E-state index in [1.54, 1.807) is 0 Å². The Labute approximate surface area is 134 Å². The fourth-order valence-corrected chi connectivity index (χ4v) is 2.84. The summed E-state index contributed by atoms with van der Waals surface area (Å²) in [4.78, 5) is 16.8. The second-order valence-corrected chi connectivity index (χ2v) is 5.56.